The molecule has 0 spiro atoms. The fraction of sp³-hybridized carbons (Fsp3) is 0.381. The highest BCUT2D eigenvalue weighted by molar-refractivity contribution is 5.79. The van der Waals surface area contributed by atoms with Gasteiger partial charge in [0.15, 0.2) is 0 Å². The second kappa shape index (κ2) is 8.02. The van der Waals surface area contributed by atoms with Gasteiger partial charge < -0.3 is 14.8 Å². The van der Waals surface area contributed by atoms with Crippen LogP contribution in [0.25, 0.3) is 10.9 Å². The average molecular weight is 410 g/mol. The predicted octanol–water partition coefficient (Wildman–Crippen LogP) is 4.57. The van der Waals surface area contributed by atoms with Gasteiger partial charge in [0.25, 0.3) is 6.43 Å². The van der Waals surface area contributed by atoms with Crippen LogP contribution >= 0.6 is 0 Å². The number of hydrogen-bond acceptors (Lipinski definition) is 3. The lowest BCUT2D eigenvalue weighted by atomic mass is 9.73. The van der Waals surface area contributed by atoms with Crippen molar-refractivity contribution in [1.82, 2.24) is 9.97 Å². The van der Waals surface area contributed by atoms with Crippen LogP contribution < -0.4 is 4.74 Å². The summed E-state index contributed by atoms with van der Waals surface area (Å²) in [6, 6.07) is 6.80. The van der Waals surface area contributed by atoms with Crippen molar-refractivity contribution in [2.24, 2.45) is 0 Å². The van der Waals surface area contributed by atoms with Gasteiger partial charge in [-0.2, -0.15) is 0 Å². The number of aliphatic hydroxyl groups is 1. The third-order valence-electron chi connectivity index (χ3n) is 5.18. The molecule has 29 heavy (non-hydrogen) atoms. The summed E-state index contributed by atoms with van der Waals surface area (Å²) in [5, 5.41) is 11.5. The Morgan fingerprint density at radius 1 is 1.24 bits per heavy atom. The molecule has 2 aromatic heterocycles. The smallest absolute Gasteiger partial charge is 0.267 e. The predicted molar refractivity (Wildman–Crippen MR) is 102 cm³/mol. The first-order valence-electron chi connectivity index (χ1n) is 9.03. The Kier molecular flexibility index (Phi) is 5.84. The molecular formula is C21H22F4N2O2. The molecule has 156 valence electrons. The molecule has 2 atom stereocenters. The quantitative estimate of drug-likeness (QED) is 0.535. The molecule has 0 aliphatic heterocycles. The van der Waals surface area contributed by atoms with Crippen LogP contribution in [-0.2, 0) is 11.8 Å². The number of aromatic nitrogens is 2. The van der Waals surface area contributed by atoms with E-state index in [0.29, 0.717) is 16.6 Å². The summed E-state index contributed by atoms with van der Waals surface area (Å²) in [5.74, 6) is -0.482. The first kappa shape index (κ1) is 21.1. The molecule has 0 saturated heterocycles. The summed E-state index contributed by atoms with van der Waals surface area (Å²) >= 11 is 0. The molecule has 1 aromatic carbocycles. The van der Waals surface area contributed by atoms with E-state index in [4.69, 9.17) is 4.74 Å². The number of fused-ring (bicyclic) bond motifs is 1. The number of alkyl halides is 3. The summed E-state index contributed by atoms with van der Waals surface area (Å²) in [6.45, 7) is 0.283. The van der Waals surface area contributed by atoms with Crippen molar-refractivity contribution >= 4 is 10.9 Å². The summed E-state index contributed by atoms with van der Waals surface area (Å²) < 4.78 is 61.0. The van der Waals surface area contributed by atoms with Gasteiger partial charge in [-0.3, -0.25) is 9.37 Å². The SMILES string of the molecule is COc1ccc(F)cc1C(C)(CF)CC(O)(Cc1cc2cnccc2[nH]1)C(F)F. The molecule has 0 aliphatic rings. The molecule has 2 unspecified atom stereocenters. The Hall–Kier alpha value is -2.61. The molecule has 8 heteroatoms. The zero-order chi connectivity index (χ0) is 21.2. The van der Waals surface area contributed by atoms with Crippen molar-refractivity contribution in [3.8, 4) is 5.75 Å². The minimum absolute atomic E-state index is 0.0856. The number of pyridine rings is 1. The normalized spacial score (nSPS) is 16.0. The van der Waals surface area contributed by atoms with Gasteiger partial charge in [0.05, 0.1) is 13.8 Å². The van der Waals surface area contributed by atoms with Crippen LogP contribution in [0.3, 0.4) is 0 Å². The van der Waals surface area contributed by atoms with Crippen LogP contribution in [0.4, 0.5) is 17.6 Å². The van der Waals surface area contributed by atoms with Gasteiger partial charge in [-0.25, -0.2) is 13.2 Å². The van der Waals surface area contributed by atoms with Gasteiger partial charge in [-0.1, -0.05) is 6.92 Å². The number of hydrogen-bond donors (Lipinski definition) is 2. The third kappa shape index (κ3) is 4.22. The summed E-state index contributed by atoms with van der Waals surface area (Å²) in [4.78, 5) is 6.94. The van der Waals surface area contributed by atoms with Crippen molar-refractivity contribution < 1.29 is 27.4 Å². The number of halogens is 4. The maximum Gasteiger partial charge on any atom is 0.267 e. The van der Waals surface area contributed by atoms with Gasteiger partial charge in [0, 0.05) is 46.4 Å². The van der Waals surface area contributed by atoms with Crippen LogP contribution in [0.5, 0.6) is 5.75 Å². The molecule has 4 nitrogen and oxygen atoms in total. The van der Waals surface area contributed by atoms with Crippen molar-refractivity contribution in [2.75, 3.05) is 13.8 Å². The molecule has 0 radical (unpaired) electrons. The molecule has 3 aromatic rings. The van der Waals surface area contributed by atoms with Gasteiger partial charge >= 0.3 is 0 Å². The van der Waals surface area contributed by atoms with E-state index >= 15 is 0 Å². The molecule has 0 aliphatic carbocycles. The number of H-pyrrole nitrogens is 1. The molecule has 0 bridgehead atoms. The van der Waals surface area contributed by atoms with E-state index in [1.54, 1.807) is 24.5 Å². The maximum atomic E-state index is 14.1. The highest BCUT2D eigenvalue weighted by Crippen LogP contribution is 2.41. The Bertz CT molecular complexity index is 961. The largest absolute Gasteiger partial charge is 0.496 e. The second-order valence-electron chi connectivity index (χ2n) is 7.55. The molecule has 2 N–H and O–H groups in total. The summed E-state index contributed by atoms with van der Waals surface area (Å²) in [6.07, 6.45) is -1.11. The molecular weight excluding hydrogens is 388 g/mol. The minimum atomic E-state index is -3.16. The highest BCUT2D eigenvalue weighted by Gasteiger charge is 2.46. The van der Waals surface area contributed by atoms with Gasteiger partial charge in [-0.05, 0) is 36.8 Å². The molecule has 0 saturated carbocycles. The molecule has 0 fully saturated rings. The molecule has 3 rings (SSSR count). The summed E-state index contributed by atoms with van der Waals surface area (Å²) in [7, 11) is 1.33. The second-order valence-corrected chi connectivity index (χ2v) is 7.55. The van der Waals surface area contributed by atoms with E-state index in [-0.39, 0.29) is 11.3 Å². The topological polar surface area (TPSA) is 58.1 Å². The number of nitrogens with zero attached hydrogens (tertiary/aromatic N) is 1. The standard InChI is InChI=1S/C21H22F4N2O2/c1-20(12-22,16-8-14(23)3-4-18(16)29-2)11-21(28,19(24)25)9-15-7-13-10-26-6-5-17(13)27-15/h3-8,10,19,27-28H,9,11-12H2,1-2H3. The van der Waals surface area contributed by atoms with E-state index in [1.165, 1.54) is 20.1 Å². The third-order valence-corrected chi connectivity index (χ3v) is 5.18. The first-order chi connectivity index (χ1) is 13.7. The molecule has 0 amide bonds. The Morgan fingerprint density at radius 3 is 2.62 bits per heavy atom. The van der Waals surface area contributed by atoms with E-state index in [9.17, 15) is 22.7 Å². The monoisotopic (exact) mass is 410 g/mol. The first-order valence-corrected chi connectivity index (χ1v) is 9.03. The fourth-order valence-corrected chi connectivity index (χ4v) is 3.72. The zero-order valence-corrected chi connectivity index (χ0v) is 16.1. The van der Waals surface area contributed by atoms with E-state index in [2.05, 4.69) is 9.97 Å². The van der Waals surface area contributed by atoms with Gasteiger partial charge in [-0.15, -0.1) is 0 Å². The fourth-order valence-electron chi connectivity index (χ4n) is 3.72. The number of aromatic amines is 1. The van der Waals surface area contributed by atoms with E-state index < -0.39 is 42.8 Å². The average Bonchev–Trinajstić information content (AvgIpc) is 3.09. The van der Waals surface area contributed by atoms with Crippen molar-refractivity contribution in [3.63, 3.8) is 0 Å². The molecule has 2 heterocycles. The maximum absolute atomic E-state index is 14.1. The number of nitrogens with one attached hydrogen (secondary N) is 1. The van der Waals surface area contributed by atoms with Crippen LogP contribution in [0, 0.1) is 5.82 Å². The lowest BCUT2D eigenvalue weighted by Crippen LogP contribution is -2.46. The van der Waals surface area contributed by atoms with E-state index in [1.807, 2.05) is 0 Å². The van der Waals surface area contributed by atoms with Crippen LogP contribution in [-0.4, -0.2) is 40.9 Å². The van der Waals surface area contributed by atoms with Crippen LogP contribution in [0.2, 0.25) is 0 Å². The number of benzene rings is 1. The lowest BCUT2D eigenvalue weighted by molar-refractivity contribution is -0.113. The minimum Gasteiger partial charge on any atom is -0.496 e. The van der Waals surface area contributed by atoms with Crippen LogP contribution in [0.1, 0.15) is 24.6 Å². The van der Waals surface area contributed by atoms with Gasteiger partial charge in [0.1, 0.15) is 17.2 Å². The Morgan fingerprint density at radius 2 is 2.00 bits per heavy atom. The van der Waals surface area contributed by atoms with Crippen LogP contribution in [0.15, 0.2) is 42.7 Å². The Balaban J connectivity index is 1.98. The van der Waals surface area contributed by atoms with E-state index in [0.717, 1.165) is 12.1 Å². The van der Waals surface area contributed by atoms with Crippen molar-refractivity contribution in [2.45, 2.75) is 37.2 Å². The Labute approximate surface area is 165 Å². The van der Waals surface area contributed by atoms with Gasteiger partial charge in [0.2, 0.25) is 0 Å². The number of methoxy groups -OCH3 is 1. The highest BCUT2D eigenvalue weighted by atomic mass is 19.3. The summed E-state index contributed by atoms with van der Waals surface area (Å²) in [5.41, 5.74) is -3.00. The number of ether oxygens (including phenoxy) is 1. The van der Waals surface area contributed by atoms with Crippen molar-refractivity contribution in [3.05, 3.63) is 59.8 Å². The van der Waals surface area contributed by atoms with Crippen molar-refractivity contribution in [1.29, 1.82) is 0 Å². The number of rotatable bonds is 8. The lowest BCUT2D eigenvalue weighted by Gasteiger charge is -2.37. The zero-order valence-electron chi connectivity index (χ0n) is 16.1.